The summed E-state index contributed by atoms with van der Waals surface area (Å²) in [6.45, 7) is 6.29. The third kappa shape index (κ3) is 2.90. The van der Waals surface area contributed by atoms with Gasteiger partial charge in [0, 0.05) is 6.54 Å². The van der Waals surface area contributed by atoms with Crippen LogP contribution in [0.4, 0.5) is 4.79 Å². The fraction of sp³-hybridized carbons (Fsp3) is 0.778. The van der Waals surface area contributed by atoms with Crippen LogP contribution in [0.3, 0.4) is 0 Å². The van der Waals surface area contributed by atoms with E-state index in [1.807, 2.05) is 6.92 Å². The van der Waals surface area contributed by atoms with Gasteiger partial charge in [0.05, 0.1) is 26.3 Å². The Morgan fingerprint density at radius 2 is 2.29 bits per heavy atom. The first-order valence-electron chi connectivity index (χ1n) is 4.85. The Hall–Kier alpha value is -1.26. The van der Waals surface area contributed by atoms with Crippen molar-refractivity contribution in [1.29, 1.82) is 0 Å². The van der Waals surface area contributed by atoms with Crippen LogP contribution < -0.4 is 0 Å². The lowest BCUT2D eigenvalue weighted by molar-refractivity contribution is 0.109. The van der Waals surface area contributed by atoms with Gasteiger partial charge in [-0.05, 0) is 13.8 Å². The topological polar surface area (TPSA) is 51.1 Å². The van der Waals surface area contributed by atoms with E-state index in [1.165, 1.54) is 0 Å². The van der Waals surface area contributed by atoms with Gasteiger partial charge < -0.3 is 9.47 Å². The second kappa shape index (κ2) is 5.47. The summed E-state index contributed by atoms with van der Waals surface area (Å²) >= 11 is 0. The predicted octanol–water partition coefficient (Wildman–Crippen LogP) is 0.894. The molecule has 0 aromatic rings. The molecule has 0 unspecified atom stereocenters. The summed E-state index contributed by atoms with van der Waals surface area (Å²) in [6.07, 6.45) is -0.292. The maximum atomic E-state index is 11.3. The Kier molecular flexibility index (Phi) is 4.22. The van der Waals surface area contributed by atoms with Gasteiger partial charge in [0.2, 0.25) is 5.90 Å². The van der Waals surface area contributed by atoms with E-state index in [1.54, 1.807) is 11.8 Å². The highest BCUT2D eigenvalue weighted by atomic mass is 16.6. The molecule has 1 rings (SSSR count). The molecule has 1 aliphatic rings. The van der Waals surface area contributed by atoms with E-state index < -0.39 is 0 Å². The zero-order valence-corrected chi connectivity index (χ0v) is 8.65. The molecule has 0 radical (unpaired) electrons. The van der Waals surface area contributed by atoms with Gasteiger partial charge >= 0.3 is 6.09 Å². The summed E-state index contributed by atoms with van der Waals surface area (Å²) in [5, 5.41) is 0. The first-order valence-corrected chi connectivity index (χ1v) is 4.85. The van der Waals surface area contributed by atoms with E-state index in [-0.39, 0.29) is 6.09 Å². The van der Waals surface area contributed by atoms with Crippen molar-refractivity contribution in [1.82, 2.24) is 4.90 Å². The van der Waals surface area contributed by atoms with E-state index in [0.29, 0.717) is 38.7 Å². The number of amides is 1. The van der Waals surface area contributed by atoms with Crippen molar-refractivity contribution in [3.63, 3.8) is 0 Å². The normalized spacial score (nSPS) is 16.1. The van der Waals surface area contributed by atoms with Crippen LogP contribution in [0.2, 0.25) is 0 Å². The quantitative estimate of drug-likeness (QED) is 0.665. The Labute approximate surface area is 83.7 Å². The summed E-state index contributed by atoms with van der Waals surface area (Å²) in [4.78, 5) is 17.1. The van der Waals surface area contributed by atoms with Gasteiger partial charge in [0.1, 0.15) is 0 Å². The van der Waals surface area contributed by atoms with Gasteiger partial charge in [-0.3, -0.25) is 9.89 Å². The molecule has 1 heterocycles. The molecule has 5 heteroatoms. The molecule has 5 nitrogen and oxygen atoms in total. The van der Waals surface area contributed by atoms with Gasteiger partial charge in [0.25, 0.3) is 0 Å². The maximum Gasteiger partial charge on any atom is 0.410 e. The molecule has 1 aliphatic heterocycles. The van der Waals surface area contributed by atoms with Gasteiger partial charge in [-0.2, -0.15) is 0 Å². The highest BCUT2D eigenvalue weighted by molar-refractivity contribution is 5.83. The smallest absolute Gasteiger partial charge is 0.410 e. The summed E-state index contributed by atoms with van der Waals surface area (Å²) < 4.78 is 10.1. The SMILES string of the molecule is CCOC(=O)N1CCN=C(OCC)C1. The summed E-state index contributed by atoms with van der Waals surface area (Å²) in [6, 6.07) is 0. The fourth-order valence-electron chi connectivity index (χ4n) is 1.22. The van der Waals surface area contributed by atoms with Crippen LogP contribution >= 0.6 is 0 Å². The van der Waals surface area contributed by atoms with E-state index in [0.717, 1.165) is 0 Å². The van der Waals surface area contributed by atoms with Gasteiger partial charge in [-0.25, -0.2) is 4.79 Å². The van der Waals surface area contributed by atoms with Crippen molar-refractivity contribution in [3.8, 4) is 0 Å². The van der Waals surface area contributed by atoms with Crippen LogP contribution in [0.15, 0.2) is 4.99 Å². The number of carbonyl (C=O) groups excluding carboxylic acids is 1. The van der Waals surface area contributed by atoms with Gasteiger partial charge in [0.15, 0.2) is 0 Å². The highest BCUT2D eigenvalue weighted by Gasteiger charge is 2.20. The Morgan fingerprint density at radius 3 is 2.93 bits per heavy atom. The first-order chi connectivity index (χ1) is 6.77. The Morgan fingerprint density at radius 1 is 1.50 bits per heavy atom. The van der Waals surface area contributed by atoms with Crippen LogP contribution in [0.1, 0.15) is 13.8 Å². The number of ether oxygens (including phenoxy) is 2. The number of aliphatic imine (C=N–C) groups is 1. The van der Waals surface area contributed by atoms with Crippen LogP contribution in [0.5, 0.6) is 0 Å². The molecule has 0 fully saturated rings. The number of hydrogen-bond donors (Lipinski definition) is 0. The Bertz CT molecular complexity index is 228. The summed E-state index contributed by atoms with van der Waals surface area (Å²) in [5.74, 6) is 0.617. The molecule has 0 atom stereocenters. The molecule has 1 amide bonds. The van der Waals surface area contributed by atoms with Crippen molar-refractivity contribution in [2.45, 2.75) is 13.8 Å². The minimum absolute atomic E-state index is 0.292. The number of hydrogen-bond acceptors (Lipinski definition) is 4. The minimum Gasteiger partial charge on any atom is -0.480 e. The third-order valence-corrected chi connectivity index (χ3v) is 1.82. The van der Waals surface area contributed by atoms with Crippen LogP contribution in [-0.4, -0.2) is 49.7 Å². The molecule has 0 aromatic heterocycles. The number of nitrogens with zero attached hydrogens (tertiary/aromatic N) is 2. The molecule has 0 aromatic carbocycles. The molecule has 14 heavy (non-hydrogen) atoms. The minimum atomic E-state index is -0.292. The van der Waals surface area contributed by atoms with E-state index in [4.69, 9.17) is 9.47 Å². The van der Waals surface area contributed by atoms with Crippen LogP contribution in [-0.2, 0) is 9.47 Å². The van der Waals surface area contributed by atoms with Crippen molar-refractivity contribution in [2.24, 2.45) is 4.99 Å². The predicted molar refractivity (Wildman–Crippen MR) is 52.5 cm³/mol. The largest absolute Gasteiger partial charge is 0.480 e. The molecule has 0 saturated carbocycles. The van der Waals surface area contributed by atoms with E-state index in [9.17, 15) is 4.79 Å². The molecule has 0 N–H and O–H groups in total. The molecule has 0 aliphatic carbocycles. The zero-order chi connectivity index (χ0) is 10.4. The van der Waals surface area contributed by atoms with Crippen LogP contribution in [0, 0.1) is 0 Å². The van der Waals surface area contributed by atoms with E-state index in [2.05, 4.69) is 4.99 Å². The molecular formula is C9H16N2O3. The van der Waals surface area contributed by atoms with Gasteiger partial charge in [-0.1, -0.05) is 0 Å². The maximum absolute atomic E-state index is 11.3. The standard InChI is InChI=1S/C9H16N2O3/c1-3-13-8-7-11(6-5-10-8)9(12)14-4-2/h3-7H2,1-2H3. The molecule has 0 saturated heterocycles. The lowest BCUT2D eigenvalue weighted by Gasteiger charge is -2.25. The number of carbonyl (C=O) groups is 1. The number of rotatable bonds is 2. The summed E-state index contributed by atoms with van der Waals surface area (Å²) in [7, 11) is 0. The third-order valence-electron chi connectivity index (χ3n) is 1.82. The van der Waals surface area contributed by atoms with E-state index >= 15 is 0 Å². The lowest BCUT2D eigenvalue weighted by Crippen LogP contribution is -2.41. The molecule has 0 spiro atoms. The second-order valence-corrected chi connectivity index (χ2v) is 2.83. The average Bonchev–Trinajstić information content (AvgIpc) is 2.19. The van der Waals surface area contributed by atoms with Crippen molar-refractivity contribution in [2.75, 3.05) is 32.8 Å². The van der Waals surface area contributed by atoms with Crippen molar-refractivity contribution < 1.29 is 14.3 Å². The van der Waals surface area contributed by atoms with Crippen molar-refractivity contribution in [3.05, 3.63) is 0 Å². The van der Waals surface area contributed by atoms with Crippen molar-refractivity contribution >= 4 is 12.0 Å². The zero-order valence-electron chi connectivity index (χ0n) is 8.65. The average molecular weight is 200 g/mol. The first kappa shape index (κ1) is 10.8. The monoisotopic (exact) mass is 200 g/mol. The molecular weight excluding hydrogens is 184 g/mol. The molecule has 80 valence electrons. The van der Waals surface area contributed by atoms with Gasteiger partial charge in [-0.15, -0.1) is 0 Å². The highest BCUT2D eigenvalue weighted by Crippen LogP contribution is 2.02. The summed E-state index contributed by atoms with van der Waals surface area (Å²) in [5.41, 5.74) is 0. The fourth-order valence-corrected chi connectivity index (χ4v) is 1.22. The molecule has 0 bridgehead atoms. The second-order valence-electron chi connectivity index (χ2n) is 2.83. The van der Waals surface area contributed by atoms with Crippen LogP contribution in [0.25, 0.3) is 0 Å². The Balaban J connectivity index is 2.43. The lowest BCUT2D eigenvalue weighted by atomic mass is 10.4.